The highest BCUT2D eigenvalue weighted by molar-refractivity contribution is 6.30. The first-order valence-electron chi connectivity index (χ1n) is 7.72. The third-order valence-corrected chi connectivity index (χ3v) is 3.93. The Balaban J connectivity index is 2.45. The van der Waals surface area contributed by atoms with Crippen molar-refractivity contribution in [1.82, 2.24) is 0 Å². The molecule has 0 radical (unpaired) electrons. The minimum absolute atomic E-state index is 0.0504. The molecule has 4 heteroatoms. The fraction of sp³-hybridized carbons (Fsp3) is 0.316. The Morgan fingerprint density at radius 1 is 1.17 bits per heavy atom. The SMILES string of the molecule is CCCN(C(C)=O)c1ccc(-c2ccc(Cl)cc2)c(COC)c1. The molecule has 0 aliphatic heterocycles. The van der Waals surface area contributed by atoms with E-state index >= 15 is 0 Å². The molecule has 0 saturated heterocycles. The first kappa shape index (κ1) is 17.5. The molecule has 3 nitrogen and oxygen atoms in total. The number of methoxy groups -OCH3 is 1. The fourth-order valence-electron chi connectivity index (χ4n) is 2.63. The lowest BCUT2D eigenvalue weighted by atomic mass is 9.99. The van der Waals surface area contributed by atoms with Crippen LogP contribution >= 0.6 is 11.6 Å². The topological polar surface area (TPSA) is 29.5 Å². The van der Waals surface area contributed by atoms with Crippen molar-refractivity contribution in [2.24, 2.45) is 0 Å². The van der Waals surface area contributed by atoms with Crippen LogP contribution in [0.15, 0.2) is 42.5 Å². The standard InChI is InChI=1S/C19H22ClNO2/c1-4-11-21(14(2)22)18-9-10-19(16(12-18)13-23-3)15-5-7-17(20)8-6-15/h5-10,12H,4,11,13H2,1-3H3. The number of amides is 1. The smallest absolute Gasteiger partial charge is 0.223 e. The first-order valence-corrected chi connectivity index (χ1v) is 8.10. The van der Waals surface area contributed by atoms with Crippen LogP contribution in [0.5, 0.6) is 0 Å². The second-order valence-electron chi connectivity index (χ2n) is 5.45. The van der Waals surface area contributed by atoms with E-state index in [9.17, 15) is 4.79 Å². The Bertz CT molecular complexity index is 668. The van der Waals surface area contributed by atoms with Crippen molar-refractivity contribution in [2.75, 3.05) is 18.6 Å². The van der Waals surface area contributed by atoms with Gasteiger partial charge in [0.1, 0.15) is 0 Å². The average molecular weight is 332 g/mol. The number of hydrogen-bond donors (Lipinski definition) is 0. The molecule has 0 N–H and O–H groups in total. The van der Waals surface area contributed by atoms with Gasteiger partial charge in [0.25, 0.3) is 0 Å². The van der Waals surface area contributed by atoms with Crippen LogP contribution < -0.4 is 4.90 Å². The molecule has 0 heterocycles. The lowest BCUT2D eigenvalue weighted by Gasteiger charge is -2.22. The monoisotopic (exact) mass is 331 g/mol. The molecule has 0 aliphatic rings. The summed E-state index contributed by atoms with van der Waals surface area (Å²) in [6, 6.07) is 13.8. The highest BCUT2D eigenvalue weighted by atomic mass is 35.5. The number of carbonyl (C=O) groups is 1. The van der Waals surface area contributed by atoms with Crippen LogP contribution in [0.4, 0.5) is 5.69 Å². The third kappa shape index (κ3) is 4.34. The molecular formula is C19H22ClNO2. The number of benzene rings is 2. The molecule has 1 amide bonds. The summed E-state index contributed by atoms with van der Waals surface area (Å²) in [7, 11) is 1.67. The lowest BCUT2D eigenvalue weighted by Crippen LogP contribution is -2.29. The van der Waals surface area contributed by atoms with Crippen molar-refractivity contribution in [1.29, 1.82) is 0 Å². The van der Waals surface area contributed by atoms with E-state index in [4.69, 9.17) is 16.3 Å². The van der Waals surface area contributed by atoms with Crippen LogP contribution in [0.2, 0.25) is 5.02 Å². The van der Waals surface area contributed by atoms with Crippen molar-refractivity contribution < 1.29 is 9.53 Å². The molecule has 0 saturated carbocycles. The number of hydrogen-bond acceptors (Lipinski definition) is 2. The molecule has 2 aromatic rings. The minimum Gasteiger partial charge on any atom is -0.380 e. The maximum atomic E-state index is 11.9. The van der Waals surface area contributed by atoms with Crippen molar-refractivity contribution in [3.63, 3.8) is 0 Å². The molecule has 23 heavy (non-hydrogen) atoms. The van der Waals surface area contributed by atoms with E-state index < -0.39 is 0 Å². The first-order chi connectivity index (χ1) is 11.1. The summed E-state index contributed by atoms with van der Waals surface area (Å²) in [5.74, 6) is 0.0504. The van der Waals surface area contributed by atoms with Crippen molar-refractivity contribution in [3.05, 3.63) is 53.1 Å². The zero-order chi connectivity index (χ0) is 16.8. The number of carbonyl (C=O) groups excluding carboxylic acids is 1. The third-order valence-electron chi connectivity index (χ3n) is 3.68. The van der Waals surface area contributed by atoms with Gasteiger partial charge in [-0.1, -0.05) is 36.7 Å². The molecule has 0 spiro atoms. The molecule has 0 atom stereocenters. The van der Waals surface area contributed by atoms with E-state index in [-0.39, 0.29) is 5.91 Å². The van der Waals surface area contributed by atoms with Crippen LogP contribution in [0.3, 0.4) is 0 Å². The number of nitrogens with zero attached hydrogens (tertiary/aromatic N) is 1. The number of ether oxygens (including phenoxy) is 1. The van der Waals surface area contributed by atoms with Crippen LogP contribution in [0.25, 0.3) is 11.1 Å². The lowest BCUT2D eigenvalue weighted by molar-refractivity contribution is -0.116. The van der Waals surface area contributed by atoms with Crippen LogP contribution in [-0.4, -0.2) is 19.6 Å². The minimum atomic E-state index is 0.0504. The summed E-state index contributed by atoms with van der Waals surface area (Å²) in [4.78, 5) is 13.7. The number of rotatable bonds is 6. The second-order valence-corrected chi connectivity index (χ2v) is 5.89. The largest absolute Gasteiger partial charge is 0.380 e. The summed E-state index contributed by atoms with van der Waals surface area (Å²) >= 11 is 5.97. The average Bonchev–Trinajstić information content (AvgIpc) is 2.53. The summed E-state index contributed by atoms with van der Waals surface area (Å²) in [6.07, 6.45) is 0.915. The van der Waals surface area contributed by atoms with Gasteiger partial charge in [-0.3, -0.25) is 4.79 Å². The van der Waals surface area contributed by atoms with Gasteiger partial charge in [-0.2, -0.15) is 0 Å². The highest BCUT2D eigenvalue weighted by Crippen LogP contribution is 2.29. The summed E-state index contributed by atoms with van der Waals surface area (Å²) in [6.45, 7) is 4.86. The maximum absolute atomic E-state index is 11.9. The van der Waals surface area contributed by atoms with E-state index in [0.29, 0.717) is 18.2 Å². The zero-order valence-electron chi connectivity index (χ0n) is 13.8. The summed E-state index contributed by atoms with van der Waals surface area (Å²) < 4.78 is 5.34. The Morgan fingerprint density at radius 3 is 2.43 bits per heavy atom. The van der Waals surface area contributed by atoms with Crippen molar-refractivity contribution in [2.45, 2.75) is 26.9 Å². The van der Waals surface area contributed by atoms with Gasteiger partial charge < -0.3 is 9.64 Å². The summed E-state index contributed by atoms with van der Waals surface area (Å²) in [5.41, 5.74) is 4.13. The van der Waals surface area contributed by atoms with Gasteiger partial charge in [0, 0.05) is 31.3 Å². The van der Waals surface area contributed by atoms with E-state index in [1.54, 1.807) is 18.9 Å². The normalized spacial score (nSPS) is 10.6. The molecule has 2 rings (SSSR count). The molecule has 0 unspecified atom stereocenters. The van der Waals surface area contributed by atoms with Crippen LogP contribution in [-0.2, 0) is 16.1 Å². The Morgan fingerprint density at radius 2 is 1.87 bits per heavy atom. The number of halogens is 1. The quantitative estimate of drug-likeness (QED) is 0.752. The van der Waals surface area contributed by atoms with Crippen molar-refractivity contribution in [3.8, 4) is 11.1 Å². The van der Waals surface area contributed by atoms with E-state index in [1.807, 2.05) is 42.5 Å². The van der Waals surface area contributed by atoms with E-state index in [1.165, 1.54) is 0 Å². The molecule has 0 bridgehead atoms. The maximum Gasteiger partial charge on any atom is 0.223 e. The number of anilines is 1. The van der Waals surface area contributed by atoms with Gasteiger partial charge >= 0.3 is 0 Å². The Kier molecular flexibility index (Phi) is 6.20. The van der Waals surface area contributed by atoms with Gasteiger partial charge in [-0.05, 0) is 47.4 Å². The Hall–Kier alpha value is -1.84. The summed E-state index contributed by atoms with van der Waals surface area (Å²) in [5, 5.41) is 0.712. The van der Waals surface area contributed by atoms with Gasteiger partial charge in [0.05, 0.1) is 6.61 Å². The van der Waals surface area contributed by atoms with Gasteiger partial charge in [-0.25, -0.2) is 0 Å². The molecular weight excluding hydrogens is 310 g/mol. The predicted octanol–water partition coefficient (Wildman–Crippen LogP) is 4.92. The molecule has 2 aromatic carbocycles. The van der Waals surface area contributed by atoms with Crippen LogP contribution in [0.1, 0.15) is 25.8 Å². The fourth-order valence-corrected chi connectivity index (χ4v) is 2.75. The molecule has 0 fully saturated rings. The Labute approximate surface area is 142 Å². The van der Waals surface area contributed by atoms with E-state index in [2.05, 4.69) is 6.92 Å². The van der Waals surface area contributed by atoms with Crippen molar-refractivity contribution >= 4 is 23.2 Å². The second kappa shape index (κ2) is 8.14. The van der Waals surface area contributed by atoms with Crippen LogP contribution in [0, 0.1) is 0 Å². The van der Waals surface area contributed by atoms with Gasteiger partial charge in [0.2, 0.25) is 5.91 Å². The zero-order valence-corrected chi connectivity index (χ0v) is 14.6. The predicted molar refractivity (Wildman–Crippen MR) is 95.9 cm³/mol. The van der Waals surface area contributed by atoms with Gasteiger partial charge in [-0.15, -0.1) is 0 Å². The molecule has 0 aromatic heterocycles. The highest BCUT2D eigenvalue weighted by Gasteiger charge is 2.13. The molecule has 0 aliphatic carbocycles. The molecule has 122 valence electrons. The van der Waals surface area contributed by atoms with Gasteiger partial charge in [0.15, 0.2) is 0 Å². The van der Waals surface area contributed by atoms with E-state index in [0.717, 1.165) is 28.8 Å².